The van der Waals surface area contributed by atoms with Crippen molar-refractivity contribution in [1.82, 2.24) is 10.6 Å². The fourth-order valence-corrected chi connectivity index (χ4v) is 4.01. The summed E-state index contributed by atoms with van der Waals surface area (Å²) in [5.41, 5.74) is 2.59. The van der Waals surface area contributed by atoms with Crippen molar-refractivity contribution in [2.45, 2.75) is 51.5 Å². The summed E-state index contributed by atoms with van der Waals surface area (Å²) in [7, 11) is 0. The van der Waals surface area contributed by atoms with Gasteiger partial charge in [0.1, 0.15) is 17.4 Å². The second kappa shape index (κ2) is 13.3. The van der Waals surface area contributed by atoms with E-state index >= 15 is 0 Å². The smallest absolute Gasteiger partial charge is 0.261 e. The van der Waals surface area contributed by atoms with Gasteiger partial charge in [-0.2, -0.15) is 0 Å². The Kier molecular flexibility index (Phi) is 10.2. The summed E-state index contributed by atoms with van der Waals surface area (Å²) in [5.74, 6) is -1.51. The molecule has 8 heteroatoms. The van der Waals surface area contributed by atoms with Gasteiger partial charge in [-0.3, -0.25) is 4.79 Å². The predicted molar refractivity (Wildman–Crippen MR) is 137 cm³/mol. The standard InChI is InChI=1S/C28H31ClF2N2O3/c1-3-19-6-4-7-20(10-19)16-32-17-27(34)26(13-21-11-23(30)15-24(31)12-21)33-28(35)18(2)36-25-9-5-8-22(29)14-25/h4-12,14-15,18,26-27,32,34H,3,13,16-17H2,1-2H3,(H,33,35). The molecule has 0 radical (unpaired) electrons. The van der Waals surface area contributed by atoms with Crippen LogP contribution in [-0.4, -0.2) is 35.8 Å². The summed E-state index contributed by atoms with van der Waals surface area (Å²) < 4.78 is 33.2. The largest absolute Gasteiger partial charge is 0.481 e. The molecule has 0 fully saturated rings. The first-order valence-electron chi connectivity index (χ1n) is 11.9. The van der Waals surface area contributed by atoms with Gasteiger partial charge < -0.3 is 20.5 Å². The number of halogens is 3. The third-order valence-electron chi connectivity index (χ3n) is 5.73. The Balaban J connectivity index is 1.67. The number of rotatable bonds is 12. The van der Waals surface area contributed by atoms with Gasteiger partial charge in [-0.25, -0.2) is 8.78 Å². The van der Waals surface area contributed by atoms with Crippen LogP contribution in [0.4, 0.5) is 8.78 Å². The van der Waals surface area contributed by atoms with Gasteiger partial charge in [-0.15, -0.1) is 0 Å². The van der Waals surface area contributed by atoms with E-state index < -0.39 is 35.8 Å². The van der Waals surface area contributed by atoms with Crippen LogP contribution in [0.5, 0.6) is 5.75 Å². The Labute approximate surface area is 215 Å². The minimum absolute atomic E-state index is 0.0263. The zero-order valence-corrected chi connectivity index (χ0v) is 21.1. The average Bonchev–Trinajstić information content (AvgIpc) is 2.83. The lowest BCUT2D eigenvalue weighted by molar-refractivity contribution is -0.128. The van der Waals surface area contributed by atoms with E-state index in [2.05, 4.69) is 29.7 Å². The van der Waals surface area contributed by atoms with Gasteiger partial charge >= 0.3 is 0 Å². The molecule has 0 aliphatic carbocycles. The molecule has 0 aliphatic rings. The highest BCUT2D eigenvalue weighted by atomic mass is 35.5. The molecule has 0 saturated heterocycles. The Morgan fingerprint density at radius 3 is 2.39 bits per heavy atom. The topological polar surface area (TPSA) is 70.6 Å². The van der Waals surface area contributed by atoms with Crippen molar-refractivity contribution >= 4 is 17.5 Å². The maximum atomic E-state index is 13.8. The lowest BCUT2D eigenvalue weighted by Gasteiger charge is -2.26. The molecule has 0 aliphatic heterocycles. The van der Waals surface area contributed by atoms with Crippen LogP contribution < -0.4 is 15.4 Å². The van der Waals surface area contributed by atoms with Crippen molar-refractivity contribution in [3.63, 3.8) is 0 Å². The molecule has 5 nitrogen and oxygen atoms in total. The van der Waals surface area contributed by atoms with Crippen LogP contribution in [-0.2, 0) is 24.2 Å². The SMILES string of the molecule is CCc1cccc(CNCC(O)C(Cc2cc(F)cc(F)c2)NC(=O)C(C)Oc2cccc(Cl)c2)c1. The molecule has 0 saturated carbocycles. The van der Waals surface area contributed by atoms with Gasteiger partial charge in [0, 0.05) is 24.2 Å². The van der Waals surface area contributed by atoms with Gasteiger partial charge in [0.15, 0.2) is 6.10 Å². The first-order chi connectivity index (χ1) is 17.2. The molecule has 0 heterocycles. The maximum absolute atomic E-state index is 13.8. The summed E-state index contributed by atoms with van der Waals surface area (Å²) in [5, 5.41) is 17.4. The third kappa shape index (κ3) is 8.59. The van der Waals surface area contributed by atoms with Crippen LogP contribution in [0, 0.1) is 11.6 Å². The number of aryl methyl sites for hydroxylation is 1. The summed E-state index contributed by atoms with van der Waals surface area (Å²) in [4.78, 5) is 12.9. The van der Waals surface area contributed by atoms with Crippen molar-refractivity contribution in [3.8, 4) is 5.75 Å². The van der Waals surface area contributed by atoms with E-state index in [9.17, 15) is 18.7 Å². The number of nitrogens with one attached hydrogen (secondary N) is 2. The molecule has 3 unspecified atom stereocenters. The van der Waals surface area contributed by atoms with Gasteiger partial charge in [0.05, 0.1) is 12.1 Å². The van der Waals surface area contributed by atoms with Crippen molar-refractivity contribution in [2.24, 2.45) is 0 Å². The fourth-order valence-electron chi connectivity index (χ4n) is 3.83. The highest BCUT2D eigenvalue weighted by Crippen LogP contribution is 2.19. The quantitative estimate of drug-likeness (QED) is 0.322. The summed E-state index contributed by atoms with van der Waals surface area (Å²) in [6.07, 6.45) is -0.983. The molecular formula is C28H31ClF2N2O3. The highest BCUT2D eigenvalue weighted by molar-refractivity contribution is 6.30. The summed E-state index contributed by atoms with van der Waals surface area (Å²) >= 11 is 5.98. The normalized spacial score (nSPS) is 13.6. The van der Waals surface area contributed by atoms with Gasteiger partial charge in [-0.1, -0.05) is 48.9 Å². The third-order valence-corrected chi connectivity index (χ3v) is 5.97. The molecule has 192 valence electrons. The molecule has 0 spiro atoms. The first kappa shape index (κ1) is 27.6. The van der Waals surface area contributed by atoms with E-state index in [0.29, 0.717) is 22.9 Å². The number of hydrogen-bond donors (Lipinski definition) is 3. The monoisotopic (exact) mass is 516 g/mol. The number of benzene rings is 3. The van der Waals surface area contributed by atoms with E-state index in [1.807, 2.05) is 12.1 Å². The average molecular weight is 517 g/mol. The van der Waals surface area contributed by atoms with E-state index in [1.54, 1.807) is 31.2 Å². The lowest BCUT2D eigenvalue weighted by atomic mass is 10.00. The maximum Gasteiger partial charge on any atom is 0.261 e. The molecule has 0 aromatic heterocycles. The minimum Gasteiger partial charge on any atom is -0.481 e. The van der Waals surface area contributed by atoms with Crippen LogP contribution in [0.1, 0.15) is 30.5 Å². The molecule has 1 amide bonds. The van der Waals surface area contributed by atoms with Gasteiger partial charge in [0.2, 0.25) is 0 Å². The fraction of sp³-hybridized carbons (Fsp3) is 0.321. The predicted octanol–water partition coefficient (Wildman–Crippen LogP) is 4.83. The Morgan fingerprint density at radius 1 is 1.00 bits per heavy atom. The summed E-state index contributed by atoms with van der Waals surface area (Å²) in [6.45, 7) is 4.33. The van der Waals surface area contributed by atoms with Crippen LogP contribution in [0.15, 0.2) is 66.7 Å². The number of amides is 1. The van der Waals surface area contributed by atoms with Gasteiger partial charge in [-0.05, 0) is 66.8 Å². The van der Waals surface area contributed by atoms with E-state index in [0.717, 1.165) is 18.1 Å². The lowest BCUT2D eigenvalue weighted by Crippen LogP contribution is -2.51. The Bertz CT molecular complexity index is 1140. The zero-order valence-electron chi connectivity index (χ0n) is 20.3. The Morgan fingerprint density at radius 2 is 1.69 bits per heavy atom. The van der Waals surface area contributed by atoms with Crippen molar-refractivity contribution in [2.75, 3.05) is 6.54 Å². The molecule has 3 rings (SSSR count). The van der Waals surface area contributed by atoms with E-state index in [-0.39, 0.29) is 13.0 Å². The minimum atomic E-state index is -1.03. The Hall–Kier alpha value is -3.00. The molecular weight excluding hydrogens is 486 g/mol. The number of aliphatic hydroxyl groups excluding tert-OH is 1. The molecule has 3 atom stereocenters. The molecule has 3 aromatic carbocycles. The van der Waals surface area contributed by atoms with Crippen molar-refractivity contribution < 1.29 is 23.4 Å². The molecule has 0 bridgehead atoms. The number of carbonyl (C=O) groups excluding carboxylic acids is 1. The van der Waals surface area contributed by atoms with Crippen LogP contribution >= 0.6 is 11.6 Å². The number of aliphatic hydroxyl groups is 1. The van der Waals surface area contributed by atoms with Gasteiger partial charge in [0.25, 0.3) is 5.91 Å². The first-order valence-corrected chi connectivity index (χ1v) is 12.3. The van der Waals surface area contributed by atoms with Crippen LogP contribution in [0.25, 0.3) is 0 Å². The van der Waals surface area contributed by atoms with Crippen LogP contribution in [0.3, 0.4) is 0 Å². The van der Waals surface area contributed by atoms with Crippen molar-refractivity contribution in [1.29, 1.82) is 0 Å². The number of ether oxygens (including phenoxy) is 1. The summed E-state index contributed by atoms with van der Waals surface area (Å²) in [6, 6.07) is 17.1. The molecule has 3 N–H and O–H groups in total. The molecule has 3 aromatic rings. The second-order valence-corrected chi connectivity index (χ2v) is 9.12. The van der Waals surface area contributed by atoms with E-state index in [4.69, 9.17) is 16.3 Å². The zero-order chi connectivity index (χ0) is 26.1. The van der Waals surface area contributed by atoms with Crippen molar-refractivity contribution in [3.05, 3.63) is 100 Å². The second-order valence-electron chi connectivity index (χ2n) is 8.69. The van der Waals surface area contributed by atoms with E-state index in [1.165, 1.54) is 17.7 Å². The van der Waals surface area contributed by atoms with Crippen LogP contribution in [0.2, 0.25) is 5.02 Å². The molecule has 36 heavy (non-hydrogen) atoms. The number of carbonyl (C=O) groups is 1. The highest BCUT2D eigenvalue weighted by Gasteiger charge is 2.25. The number of hydrogen-bond acceptors (Lipinski definition) is 4.